The van der Waals surface area contributed by atoms with Gasteiger partial charge in [0.15, 0.2) is 11.5 Å². The monoisotopic (exact) mass is 299 g/mol. The van der Waals surface area contributed by atoms with E-state index in [2.05, 4.69) is 15.5 Å². The lowest BCUT2D eigenvalue weighted by Gasteiger charge is -2.09. The van der Waals surface area contributed by atoms with Crippen LogP contribution in [0.5, 0.6) is 11.5 Å². The number of rotatable bonds is 3. The lowest BCUT2D eigenvalue weighted by Crippen LogP contribution is -2.20. The molecule has 3 rings (SSSR count). The van der Waals surface area contributed by atoms with E-state index in [1.165, 1.54) is 12.1 Å². The molecule has 0 fully saturated rings. The van der Waals surface area contributed by atoms with Crippen LogP contribution in [0.3, 0.4) is 0 Å². The summed E-state index contributed by atoms with van der Waals surface area (Å²) >= 11 is 0. The van der Waals surface area contributed by atoms with Gasteiger partial charge in [-0.25, -0.2) is 0 Å². The minimum absolute atomic E-state index is 0.197. The van der Waals surface area contributed by atoms with E-state index >= 15 is 0 Å². The first-order valence-electron chi connectivity index (χ1n) is 6.54. The first-order chi connectivity index (χ1) is 10.6. The van der Waals surface area contributed by atoms with E-state index in [1.54, 1.807) is 24.3 Å². The highest BCUT2D eigenvalue weighted by Crippen LogP contribution is 2.25. The summed E-state index contributed by atoms with van der Waals surface area (Å²) in [7, 11) is 0. The Balaban J connectivity index is 1.97. The van der Waals surface area contributed by atoms with Gasteiger partial charge in [0.1, 0.15) is 0 Å². The van der Waals surface area contributed by atoms with Crippen molar-refractivity contribution in [3.05, 3.63) is 62.7 Å². The van der Waals surface area contributed by atoms with Crippen molar-refractivity contribution in [3.8, 4) is 11.5 Å². The van der Waals surface area contributed by atoms with Crippen LogP contribution in [0.25, 0.3) is 10.8 Å². The zero-order chi connectivity index (χ0) is 15.7. The van der Waals surface area contributed by atoms with Gasteiger partial charge in [-0.3, -0.25) is 19.8 Å². The van der Waals surface area contributed by atoms with Crippen molar-refractivity contribution in [2.24, 2.45) is 0 Å². The largest absolute Gasteiger partial charge is 0.504 e. The number of hydrogen-bond donors (Lipinski definition) is 5. The van der Waals surface area contributed by atoms with Crippen LogP contribution in [-0.2, 0) is 6.54 Å². The molecule has 0 bridgehead atoms. The maximum atomic E-state index is 11.9. The van der Waals surface area contributed by atoms with Crippen molar-refractivity contribution in [1.29, 1.82) is 0 Å². The number of hydrogen-bond acceptors (Lipinski definition) is 5. The van der Waals surface area contributed by atoms with Gasteiger partial charge < -0.3 is 15.5 Å². The molecule has 0 aliphatic heterocycles. The molecule has 5 N–H and O–H groups in total. The Hall–Kier alpha value is -3.22. The Kier molecular flexibility index (Phi) is 3.30. The molecule has 7 heteroatoms. The van der Waals surface area contributed by atoms with Crippen LogP contribution >= 0.6 is 0 Å². The van der Waals surface area contributed by atoms with Crippen molar-refractivity contribution >= 4 is 16.5 Å². The lowest BCUT2D eigenvalue weighted by atomic mass is 10.1. The Morgan fingerprint density at radius 1 is 0.955 bits per heavy atom. The summed E-state index contributed by atoms with van der Waals surface area (Å²) in [6, 6.07) is 9.38. The summed E-state index contributed by atoms with van der Waals surface area (Å²) in [4.78, 5) is 23.6. The summed E-state index contributed by atoms with van der Waals surface area (Å²) in [6.07, 6.45) is 0. The molecule has 1 heterocycles. The topological polar surface area (TPSA) is 118 Å². The fraction of sp³-hybridized carbons (Fsp3) is 0.0667. The second-order valence-electron chi connectivity index (χ2n) is 4.81. The normalized spacial score (nSPS) is 10.7. The highest BCUT2D eigenvalue weighted by molar-refractivity contribution is 5.92. The molecule has 3 aromatic rings. The number of phenolic OH excluding ortho intramolecular Hbond substituents is 2. The smallest absolute Gasteiger partial charge is 0.272 e. The fourth-order valence-electron chi connectivity index (χ4n) is 2.25. The Bertz CT molecular complexity index is 959. The number of aromatic nitrogens is 2. The average Bonchev–Trinajstić information content (AvgIpc) is 2.52. The van der Waals surface area contributed by atoms with Crippen molar-refractivity contribution < 1.29 is 10.2 Å². The molecule has 0 spiro atoms. The number of fused-ring (bicyclic) bond motifs is 1. The minimum atomic E-state index is -0.397. The van der Waals surface area contributed by atoms with Gasteiger partial charge in [0.05, 0.1) is 10.8 Å². The zero-order valence-electron chi connectivity index (χ0n) is 11.4. The van der Waals surface area contributed by atoms with Gasteiger partial charge in [0, 0.05) is 12.2 Å². The molecule has 22 heavy (non-hydrogen) atoms. The Labute approximate surface area is 123 Å². The third-order valence-corrected chi connectivity index (χ3v) is 3.35. The van der Waals surface area contributed by atoms with Gasteiger partial charge in [-0.05, 0) is 29.8 Å². The van der Waals surface area contributed by atoms with Crippen LogP contribution in [0.15, 0.2) is 46.0 Å². The molecule has 0 atom stereocenters. The molecular formula is C15H13N3O4. The van der Waals surface area contributed by atoms with Crippen LogP contribution in [0, 0.1) is 0 Å². The molecule has 7 nitrogen and oxygen atoms in total. The van der Waals surface area contributed by atoms with Crippen molar-refractivity contribution in [1.82, 2.24) is 10.2 Å². The molecule has 0 aliphatic rings. The van der Waals surface area contributed by atoms with Crippen LogP contribution in [0.2, 0.25) is 0 Å². The van der Waals surface area contributed by atoms with E-state index in [0.717, 1.165) is 0 Å². The third kappa shape index (κ3) is 2.39. The SMILES string of the molecule is O=c1[nH][nH]c(=O)c2c(NCc3ccc(O)c(O)c3)cccc12. The number of anilines is 1. The Morgan fingerprint density at radius 2 is 1.73 bits per heavy atom. The van der Waals surface area contributed by atoms with Crippen LogP contribution in [0.1, 0.15) is 5.56 Å². The first-order valence-corrected chi connectivity index (χ1v) is 6.54. The summed E-state index contributed by atoms with van der Waals surface area (Å²) in [5.41, 5.74) is 0.456. The second kappa shape index (κ2) is 5.28. The van der Waals surface area contributed by atoms with Crippen LogP contribution in [0.4, 0.5) is 5.69 Å². The lowest BCUT2D eigenvalue weighted by molar-refractivity contribution is 0.403. The number of nitrogens with one attached hydrogen (secondary N) is 3. The number of benzene rings is 2. The predicted molar refractivity (Wildman–Crippen MR) is 82.3 cm³/mol. The average molecular weight is 299 g/mol. The summed E-state index contributed by atoms with van der Waals surface area (Å²) in [6.45, 7) is 0.319. The van der Waals surface area contributed by atoms with Gasteiger partial charge in [0.25, 0.3) is 11.1 Å². The van der Waals surface area contributed by atoms with E-state index in [1.807, 2.05) is 0 Å². The zero-order valence-corrected chi connectivity index (χ0v) is 11.4. The molecule has 0 radical (unpaired) electrons. The van der Waals surface area contributed by atoms with Crippen molar-refractivity contribution in [3.63, 3.8) is 0 Å². The number of aromatic hydroxyl groups is 2. The van der Waals surface area contributed by atoms with E-state index in [9.17, 15) is 19.8 Å². The van der Waals surface area contributed by atoms with Gasteiger partial charge >= 0.3 is 0 Å². The predicted octanol–water partition coefficient (Wildman–Crippen LogP) is 1.24. The molecule has 1 aromatic heterocycles. The molecule has 2 aromatic carbocycles. The second-order valence-corrected chi connectivity index (χ2v) is 4.81. The molecule has 0 unspecified atom stereocenters. The third-order valence-electron chi connectivity index (χ3n) is 3.35. The van der Waals surface area contributed by atoms with Gasteiger partial charge in [-0.2, -0.15) is 0 Å². The van der Waals surface area contributed by atoms with Crippen molar-refractivity contribution in [2.75, 3.05) is 5.32 Å². The highest BCUT2D eigenvalue weighted by Gasteiger charge is 2.08. The standard InChI is InChI=1S/C15H13N3O4/c19-11-5-4-8(6-12(11)20)7-16-10-3-1-2-9-13(10)15(22)18-17-14(9)21/h1-6,16,19-20H,7H2,(H,17,21)(H,18,22). The molecular weight excluding hydrogens is 286 g/mol. The maximum absolute atomic E-state index is 11.9. The highest BCUT2D eigenvalue weighted by atomic mass is 16.3. The molecule has 0 saturated carbocycles. The minimum Gasteiger partial charge on any atom is -0.504 e. The summed E-state index contributed by atoms with van der Waals surface area (Å²) < 4.78 is 0. The maximum Gasteiger partial charge on any atom is 0.272 e. The first kappa shape index (κ1) is 13.7. The Morgan fingerprint density at radius 3 is 2.50 bits per heavy atom. The number of aromatic amines is 2. The van der Waals surface area contributed by atoms with Gasteiger partial charge in [-0.15, -0.1) is 0 Å². The van der Waals surface area contributed by atoms with Gasteiger partial charge in [0.2, 0.25) is 0 Å². The molecule has 0 amide bonds. The van der Waals surface area contributed by atoms with Crippen molar-refractivity contribution in [2.45, 2.75) is 6.54 Å². The summed E-state index contributed by atoms with van der Waals surface area (Å²) in [5.74, 6) is -0.414. The van der Waals surface area contributed by atoms with E-state index in [0.29, 0.717) is 23.2 Å². The quantitative estimate of drug-likeness (QED) is 0.466. The van der Waals surface area contributed by atoms with Crippen LogP contribution < -0.4 is 16.4 Å². The molecule has 0 aliphatic carbocycles. The van der Waals surface area contributed by atoms with Crippen LogP contribution in [-0.4, -0.2) is 20.4 Å². The number of H-pyrrole nitrogens is 2. The van der Waals surface area contributed by atoms with Gasteiger partial charge in [-0.1, -0.05) is 12.1 Å². The molecule has 112 valence electrons. The van der Waals surface area contributed by atoms with E-state index < -0.39 is 5.56 Å². The fourth-order valence-corrected chi connectivity index (χ4v) is 2.25. The number of phenols is 2. The van der Waals surface area contributed by atoms with E-state index in [4.69, 9.17) is 0 Å². The van der Waals surface area contributed by atoms with E-state index in [-0.39, 0.29) is 22.4 Å². The molecule has 0 saturated heterocycles. The summed E-state index contributed by atoms with van der Waals surface area (Å²) in [5, 5.41) is 26.9.